The Bertz CT molecular complexity index is 1130. The summed E-state index contributed by atoms with van der Waals surface area (Å²) < 4.78 is 11.3. The van der Waals surface area contributed by atoms with Gasteiger partial charge in [-0.05, 0) is 54.5 Å². The summed E-state index contributed by atoms with van der Waals surface area (Å²) in [5, 5.41) is 2.08. The molecule has 6 nitrogen and oxygen atoms in total. The molecule has 0 unspecified atom stereocenters. The number of rotatable bonds is 11. The van der Waals surface area contributed by atoms with Gasteiger partial charge in [0.2, 0.25) is 11.8 Å². The normalized spacial score (nSPS) is 14.8. The molecule has 2 heterocycles. The zero-order chi connectivity index (χ0) is 25.3. The molecule has 1 aromatic heterocycles. The largest absolute Gasteiger partial charge is 0.491 e. The molecule has 0 saturated heterocycles. The Morgan fingerprint density at radius 2 is 1.86 bits per heavy atom. The second-order valence-corrected chi connectivity index (χ2v) is 10.1. The van der Waals surface area contributed by atoms with Crippen molar-refractivity contribution in [3.05, 3.63) is 87.6 Å². The van der Waals surface area contributed by atoms with E-state index in [1.165, 1.54) is 10.4 Å². The molecule has 0 N–H and O–H groups in total. The number of carbonyl (C=O) groups excluding carboxylic acids is 2. The van der Waals surface area contributed by atoms with Crippen LogP contribution < -0.4 is 4.74 Å². The SMILES string of the molecule is COCCCN(CC(=O)N1CCc2sccc2[C@H]1COc1ccc(C)cc1)C(=O)Cc1ccccc1. The number of hydrogen-bond acceptors (Lipinski definition) is 5. The van der Waals surface area contributed by atoms with E-state index in [4.69, 9.17) is 9.47 Å². The molecular weight excluding hydrogens is 472 g/mol. The Labute approximate surface area is 217 Å². The molecule has 190 valence electrons. The maximum Gasteiger partial charge on any atom is 0.242 e. The molecular formula is C29H34N2O4S. The first-order valence-corrected chi connectivity index (χ1v) is 13.3. The number of nitrogens with zero attached hydrogens (tertiary/aromatic N) is 2. The van der Waals surface area contributed by atoms with Gasteiger partial charge in [0.05, 0.1) is 19.0 Å². The Kier molecular flexibility index (Phi) is 9.14. The van der Waals surface area contributed by atoms with Gasteiger partial charge in [0.15, 0.2) is 0 Å². The van der Waals surface area contributed by atoms with Crippen molar-refractivity contribution >= 4 is 23.2 Å². The average Bonchev–Trinajstić information content (AvgIpc) is 3.37. The fourth-order valence-corrected chi connectivity index (χ4v) is 5.44. The predicted molar refractivity (Wildman–Crippen MR) is 142 cm³/mol. The number of ether oxygens (including phenoxy) is 2. The van der Waals surface area contributed by atoms with E-state index in [9.17, 15) is 9.59 Å². The topological polar surface area (TPSA) is 59.1 Å². The Morgan fingerprint density at radius 3 is 2.61 bits per heavy atom. The van der Waals surface area contributed by atoms with Gasteiger partial charge in [-0.15, -0.1) is 11.3 Å². The van der Waals surface area contributed by atoms with Crippen LogP contribution in [0.4, 0.5) is 0 Å². The van der Waals surface area contributed by atoms with Crippen LogP contribution >= 0.6 is 11.3 Å². The van der Waals surface area contributed by atoms with E-state index >= 15 is 0 Å². The number of hydrogen-bond donors (Lipinski definition) is 0. The third-order valence-electron chi connectivity index (χ3n) is 6.50. The molecule has 1 atom stereocenters. The van der Waals surface area contributed by atoms with E-state index in [0.29, 0.717) is 32.7 Å². The fraction of sp³-hybridized carbons (Fsp3) is 0.379. The number of methoxy groups -OCH3 is 1. The van der Waals surface area contributed by atoms with Crippen molar-refractivity contribution < 1.29 is 19.1 Å². The zero-order valence-electron chi connectivity index (χ0n) is 21.0. The lowest BCUT2D eigenvalue weighted by Gasteiger charge is -2.37. The minimum absolute atomic E-state index is 0.0497. The Balaban J connectivity index is 1.47. The van der Waals surface area contributed by atoms with Gasteiger partial charge in [0, 0.05) is 31.7 Å². The van der Waals surface area contributed by atoms with Gasteiger partial charge in [-0.1, -0.05) is 48.0 Å². The van der Waals surface area contributed by atoms with Crippen LogP contribution in [0.25, 0.3) is 0 Å². The minimum atomic E-state index is -0.182. The lowest BCUT2D eigenvalue weighted by Crippen LogP contribution is -2.48. The molecule has 0 bridgehead atoms. The fourth-order valence-electron chi connectivity index (χ4n) is 4.51. The highest BCUT2D eigenvalue weighted by molar-refractivity contribution is 7.10. The first-order valence-electron chi connectivity index (χ1n) is 12.4. The molecule has 36 heavy (non-hydrogen) atoms. The van der Waals surface area contributed by atoms with E-state index in [-0.39, 0.29) is 30.8 Å². The van der Waals surface area contributed by atoms with Crippen LogP contribution in [0, 0.1) is 6.92 Å². The van der Waals surface area contributed by atoms with Gasteiger partial charge in [-0.3, -0.25) is 9.59 Å². The molecule has 0 aliphatic carbocycles. The van der Waals surface area contributed by atoms with Gasteiger partial charge in [-0.25, -0.2) is 0 Å². The number of carbonyl (C=O) groups is 2. The Hall–Kier alpha value is -3.16. The maximum absolute atomic E-state index is 13.6. The second-order valence-electron chi connectivity index (χ2n) is 9.10. The summed E-state index contributed by atoms with van der Waals surface area (Å²) >= 11 is 1.73. The molecule has 4 rings (SSSR count). The summed E-state index contributed by atoms with van der Waals surface area (Å²) in [5.74, 6) is 0.684. The monoisotopic (exact) mass is 506 g/mol. The van der Waals surface area contributed by atoms with E-state index < -0.39 is 0 Å². The first-order chi connectivity index (χ1) is 17.5. The van der Waals surface area contributed by atoms with Crippen LogP contribution in [0.1, 0.15) is 34.0 Å². The van der Waals surface area contributed by atoms with Crippen molar-refractivity contribution in [2.24, 2.45) is 0 Å². The predicted octanol–water partition coefficient (Wildman–Crippen LogP) is 4.67. The summed E-state index contributed by atoms with van der Waals surface area (Å²) in [7, 11) is 1.64. The van der Waals surface area contributed by atoms with Crippen molar-refractivity contribution in [3.8, 4) is 5.75 Å². The van der Waals surface area contributed by atoms with Gasteiger partial charge in [0.1, 0.15) is 12.4 Å². The molecule has 7 heteroatoms. The molecule has 2 amide bonds. The van der Waals surface area contributed by atoms with Crippen LogP contribution in [0.5, 0.6) is 5.75 Å². The lowest BCUT2D eigenvalue weighted by atomic mass is 10.0. The maximum atomic E-state index is 13.6. The third kappa shape index (κ3) is 6.74. The summed E-state index contributed by atoms with van der Waals surface area (Å²) in [6, 6.07) is 19.5. The number of amides is 2. The molecule has 1 aliphatic heterocycles. The van der Waals surface area contributed by atoms with Crippen LogP contribution in [0.3, 0.4) is 0 Å². The molecule has 0 spiro atoms. The van der Waals surface area contributed by atoms with Gasteiger partial charge >= 0.3 is 0 Å². The first kappa shape index (κ1) is 25.9. The van der Waals surface area contributed by atoms with Gasteiger partial charge in [0.25, 0.3) is 0 Å². The van der Waals surface area contributed by atoms with Crippen LogP contribution in [-0.2, 0) is 27.2 Å². The van der Waals surface area contributed by atoms with E-state index in [2.05, 4.69) is 11.4 Å². The highest BCUT2D eigenvalue weighted by Gasteiger charge is 2.33. The highest BCUT2D eigenvalue weighted by Crippen LogP contribution is 2.34. The van der Waals surface area contributed by atoms with E-state index in [0.717, 1.165) is 23.3 Å². The number of aryl methyl sites for hydroxylation is 1. The summed E-state index contributed by atoms with van der Waals surface area (Å²) in [6.45, 7) is 4.11. The third-order valence-corrected chi connectivity index (χ3v) is 7.49. The smallest absolute Gasteiger partial charge is 0.242 e. The quantitative estimate of drug-likeness (QED) is 0.355. The molecule has 1 aliphatic rings. The molecule has 3 aromatic rings. The van der Waals surface area contributed by atoms with Crippen LogP contribution in [0.15, 0.2) is 66.0 Å². The van der Waals surface area contributed by atoms with Crippen molar-refractivity contribution in [3.63, 3.8) is 0 Å². The highest BCUT2D eigenvalue weighted by atomic mass is 32.1. The molecule has 0 saturated carbocycles. The van der Waals surface area contributed by atoms with Crippen molar-refractivity contribution in [1.29, 1.82) is 0 Å². The van der Waals surface area contributed by atoms with Gasteiger partial charge < -0.3 is 19.3 Å². The standard InChI is InChI=1S/C29H34N2O4S/c1-22-9-11-24(12-10-22)35-21-26-25-14-18-36-27(25)13-16-31(26)29(33)20-30(15-6-17-34-2)28(32)19-23-7-4-3-5-8-23/h3-5,7-12,14,18,26H,6,13,15-17,19-21H2,1-2H3/t26-/m1/s1. The van der Waals surface area contributed by atoms with Crippen LogP contribution in [0.2, 0.25) is 0 Å². The van der Waals surface area contributed by atoms with Crippen molar-refractivity contribution in [2.45, 2.75) is 32.2 Å². The van der Waals surface area contributed by atoms with E-state index in [1.54, 1.807) is 23.3 Å². The van der Waals surface area contributed by atoms with Crippen LogP contribution in [-0.4, -0.2) is 61.6 Å². The number of thiophene rings is 1. The number of benzene rings is 2. The lowest BCUT2D eigenvalue weighted by molar-refractivity contribution is -0.142. The van der Waals surface area contributed by atoms with Gasteiger partial charge in [-0.2, -0.15) is 0 Å². The average molecular weight is 507 g/mol. The van der Waals surface area contributed by atoms with Crippen molar-refractivity contribution in [2.75, 3.05) is 40.0 Å². The Morgan fingerprint density at radius 1 is 1.08 bits per heavy atom. The number of fused-ring (bicyclic) bond motifs is 1. The second kappa shape index (κ2) is 12.7. The van der Waals surface area contributed by atoms with E-state index in [1.807, 2.05) is 66.4 Å². The van der Waals surface area contributed by atoms with Crippen molar-refractivity contribution in [1.82, 2.24) is 9.80 Å². The molecule has 0 radical (unpaired) electrons. The summed E-state index contributed by atoms with van der Waals surface area (Å²) in [4.78, 5) is 31.7. The summed E-state index contributed by atoms with van der Waals surface area (Å²) in [6.07, 6.45) is 1.77. The zero-order valence-corrected chi connectivity index (χ0v) is 21.8. The molecule has 2 aromatic carbocycles. The molecule has 0 fully saturated rings. The minimum Gasteiger partial charge on any atom is -0.491 e. The summed E-state index contributed by atoms with van der Waals surface area (Å²) in [5.41, 5.74) is 3.26.